The Hall–Kier alpha value is -0.380. The van der Waals surface area contributed by atoms with Gasteiger partial charge in [-0.1, -0.05) is 29.3 Å². The van der Waals surface area contributed by atoms with Gasteiger partial charge in [0.2, 0.25) is 5.91 Å². The first-order valence-corrected chi connectivity index (χ1v) is 9.06. The van der Waals surface area contributed by atoms with Crippen LogP contribution in [-0.2, 0) is 10.5 Å². The number of amides is 1. The normalized spacial score (nSPS) is 11.2. The van der Waals surface area contributed by atoms with Gasteiger partial charge < -0.3 is 4.90 Å². The van der Waals surface area contributed by atoms with Gasteiger partial charge in [0.25, 0.3) is 0 Å². The third kappa shape index (κ3) is 6.09. The van der Waals surface area contributed by atoms with E-state index in [4.69, 9.17) is 23.2 Å². The van der Waals surface area contributed by atoms with Crippen molar-refractivity contribution >= 4 is 40.9 Å². The third-order valence-corrected chi connectivity index (χ3v) is 4.88. The molecule has 0 aliphatic rings. The Kier molecular flexibility index (Phi) is 7.93. The first kappa shape index (κ1) is 18.7. The molecule has 0 saturated heterocycles. The van der Waals surface area contributed by atoms with E-state index in [0.717, 1.165) is 17.1 Å². The second-order valence-corrected chi connectivity index (χ2v) is 7.46. The SMILES string of the molecule is CC(C)N(C(=O)CCSCc1ccc(Cl)c(Cl)c1)C(C)C. The van der Waals surface area contributed by atoms with Crippen LogP contribution in [0.3, 0.4) is 0 Å². The van der Waals surface area contributed by atoms with Crippen LogP contribution in [0.25, 0.3) is 0 Å². The van der Waals surface area contributed by atoms with E-state index in [9.17, 15) is 4.79 Å². The van der Waals surface area contributed by atoms with Crippen molar-refractivity contribution in [1.82, 2.24) is 4.90 Å². The number of thioether (sulfide) groups is 1. The standard InChI is InChI=1S/C16H23Cl2NOS/c1-11(2)19(12(3)4)16(20)7-8-21-10-13-5-6-14(17)15(18)9-13/h5-6,9,11-12H,7-8,10H2,1-4H3. The molecule has 118 valence electrons. The number of carbonyl (C=O) groups is 1. The molecule has 0 aliphatic carbocycles. The Morgan fingerprint density at radius 3 is 2.29 bits per heavy atom. The molecule has 0 atom stereocenters. The number of benzene rings is 1. The van der Waals surface area contributed by atoms with E-state index in [1.54, 1.807) is 11.8 Å². The summed E-state index contributed by atoms with van der Waals surface area (Å²) in [6, 6.07) is 6.16. The van der Waals surface area contributed by atoms with Gasteiger partial charge in [-0.2, -0.15) is 11.8 Å². The lowest BCUT2D eigenvalue weighted by atomic mass is 10.2. The van der Waals surface area contributed by atoms with Gasteiger partial charge in [0.15, 0.2) is 0 Å². The summed E-state index contributed by atoms with van der Waals surface area (Å²) in [5.74, 6) is 1.88. The number of halogens is 2. The molecule has 0 bridgehead atoms. The molecular formula is C16H23Cl2NOS. The van der Waals surface area contributed by atoms with Gasteiger partial charge in [0, 0.05) is 30.0 Å². The number of hydrogen-bond acceptors (Lipinski definition) is 2. The van der Waals surface area contributed by atoms with Crippen molar-refractivity contribution in [3.8, 4) is 0 Å². The molecule has 0 saturated carbocycles. The molecule has 0 spiro atoms. The summed E-state index contributed by atoms with van der Waals surface area (Å²) < 4.78 is 0. The van der Waals surface area contributed by atoms with Crippen molar-refractivity contribution in [2.24, 2.45) is 0 Å². The van der Waals surface area contributed by atoms with Crippen molar-refractivity contribution in [2.45, 2.75) is 52.0 Å². The summed E-state index contributed by atoms with van der Waals surface area (Å²) >= 11 is 13.6. The highest BCUT2D eigenvalue weighted by molar-refractivity contribution is 7.98. The van der Waals surface area contributed by atoms with Crippen LogP contribution in [0.15, 0.2) is 18.2 Å². The molecular weight excluding hydrogens is 325 g/mol. The number of hydrogen-bond donors (Lipinski definition) is 0. The molecule has 0 aromatic heterocycles. The van der Waals surface area contributed by atoms with Gasteiger partial charge in [-0.25, -0.2) is 0 Å². The highest BCUT2D eigenvalue weighted by Crippen LogP contribution is 2.25. The molecule has 1 aromatic rings. The highest BCUT2D eigenvalue weighted by Gasteiger charge is 2.19. The van der Waals surface area contributed by atoms with Crippen molar-refractivity contribution in [3.63, 3.8) is 0 Å². The molecule has 2 nitrogen and oxygen atoms in total. The minimum atomic E-state index is 0.224. The van der Waals surface area contributed by atoms with Gasteiger partial charge in [0.1, 0.15) is 0 Å². The van der Waals surface area contributed by atoms with E-state index in [1.807, 2.05) is 23.1 Å². The van der Waals surface area contributed by atoms with E-state index >= 15 is 0 Å². The first-order valence-electron chi connectivity index (χ1n) is 7.15. The molecule has 5 heteroatoms. The Morgan fingerprint density at radius 1 is 1.14 bits per heavy atom. The summed E-state index contributed by atoms with van der Waals surface area (Å²) in [6.07, 6.45) is 0.572. The Bertz CT molecular complexity index is 469. The topological polar surface area (TPSA) is 20.3 Å². The van der Waals surface area contributed by atoms with Crippen LogP contribution in [-0.4, -0.2) is 28.6 Å². The summed E-state index contributed by atoms with van der Waals surface area (Å²) in [7, 11) is 0. The van der Waals surface area contributed by atoms with E-state index < -0.39 is 0 Å². The van der Waals surface area contributed by atoms with E-state index in [1.165, 1.54) is 0 Å². The van der Waals surface area contributed by atoms with Gasteiger partial charge in [0.05, 0.1) is 10.0 Å². The predicted molar refractivity (Wildman–Crippen MR) is 94.4 cm³/mol. The van der Waals surface area contributed by atoms with Gasteiger partial charge in [-0.3, -0.25) is 4.79 Å². The minimum Gasteiger partial charge on any atom is -0.338 e. The molecule has 0 N–H and O–H groups in total. The smallest absolute Gasteiger partial charge is 0.223 e. The molecule has 0 radical (unpaired) electrons. The zero-order chi connectivity index (χ0) is 16.0. The van der Waals surface area contributed by atoms with E-state index in [0.29, 0.717) is 16.5 Å². The average Bonchev–Trinajstić information content (AvgIpc) is 2.38. The Labute approximate surface area is 142 Å². The van der Waals surface area contributed by atoms with E-state index in [2.05, 4.69) is 27.7 Å². The van der Waals surface area contributed by atoms with Gasteiger partial charge in [-0.05, 0) is 45.4 Å². The lowest BCUT2D eigenvalue weighted by Gasteiger charge is -2.30. The number of rotatable bonds is 7. The fraction of sp³-hybridized carbons (Fsp3) is 0.562. The first-order chi connectivity index (χ1) is 9.82. The van der Waals surface area contributed by atoms with Crippen LogP contribution < -0.4 is 0 Å². The van der Waals surface area contributed by atoms with Crippen LogP contribution in [0.4, 0.5) is 0 Å². The molecule has 0 fully saturated rings. The van der Waals surface area contributed by atoms with Crippen LogP contribution >= 0.6 is 35.0 Å². The molecule has 21 heavy (non-hydrogen) atoms. The maximum Gasteiger partial charge on any atom is 0.223 e. The quantitative estimate of drug-likeness (QED) is 0.626. The molecule has 0 aliphatic heterocycles. The van der Waals surface area contributed by atoms with Crippen molar-refractivity contribution in [3.05, 3.63) is 33.8 Å². The van der Waals surface area contributed by atoms with Crippen LogP contribution in [0.5, 0.6) is 0 Å². The van der Waals surface area contributed by atoms with Gasteiger partial charge in [-0.15, -0.1) is 0 Å². The molecule has 0 unspecified atom stereocenters. The fourth-order valence-electron chi connectivity index (χ4n) is 2.28. The largest absolute Gasteiger partial charge is 0.338 e. The maximum absolute atomic E-state index is 12.2. The average molecular weight is 348 g/mol. The number of carbonyl (C=O) groups excluding carboxylic acids is 1. The Balaban J connectivity index is 2.39. The zero-order valence-electron chi connectivity index (χ0n) is 13.0. The number of nitrogens with zero attached hydrogens (tertiary/aromatic N) is 1. The summed E-state index contributed by atoms with van der Waals surface area (Å²) in [5.41, 5.74) is 1.13. The van der Waals surface area contributed by atoms with Crippen LogP contribution in [0.1, 0.15) is 39.7 Å². The molecule has 1 amide bonds. The monoisotopic (exact) mass is 347 g/mol. The summed E-state index contributed by atoms with van der Waals surface area (Å²) in [5, 5.41) is 1.15. The van der Waals surface area contributed by atoms with E-state index in [-0.39, 0.29) is 18.0 Å². The lowest BCUT2D eigenvalue weighted by molar-refractivity contribution is -0.134. The summed E-state index contributed by atoms with van der Waals surface area (Å²) in [6.45, 7) is 8.23. The highest BCUT2D eigenvalue weighted by atomic mass is 35.5. The fourth-order valence-corrected chi connectivity index (χ4v) is 3.48. The molecule has 0 heterocycles. The van der Waals surface area contributed by atoms with Gasteiger partial charge >= 0.3 is 0 Å². The second kappa shape index (κ2) is 8.92. The van der Waals surface area contributed by atoms with Crippen molar-refractivity contribution < 1.29 is 4.79 Å². The Morgan fingerprint density at radius 2 is 1.76 bits per heavy atom. The summed E-state index contributed by atoms with van der Waals surface area (Å²) in [4.78, 5) is 14.2. The van der Waals surface area contributed by atoms with Crippen molar-refractivity contribution in [2.75, 3.05) is 5.75 Å². The molecule has 1 rings (SSSR count). The van der Waals surface area contributed by atoms with Crippen LogP contribution in [0.2, 0.25) is 10.0 Å². The maximum atomic E-state index is 12.2. The lowest BCUT2D eigenvalue weighted by Crippen LogP contribution is -2.42. The predicted octanol–water partition coefficient (Wildman–Crippen LogP) is 5.26. The van der Waals surface area contributed by atoms with Crippen LogP contribution in [0, 0.1) is 0 Å². The second-order valence-electron chi connectivity index (χ2n) is 5.54. The van der Waals surface area contributed by atoms with Crippen molar-refractivity contribution in [1.29, 1.82) is 0 Å². The molecule has 1 aromatic carbocycles. The minimum absolute atomic E-state index is 0.224. The third-order valence-electron chi connectivity index (χ3n) is 3.11. The zero-order valence-corrected chi connectivity index (χ0v) is 15.4.